The van der Waals surface area contributed by atoms with E-state index in [2.05, 4.69) is 0 Å². The molecule has 0 spiro atoms. The van der Waals surface area contributed by atoms with Crippen LogP contribution in [0.3, 0.4) is 0 Å². The van der Waals surface area contributed by atoms with Gasteiger partial charge in [-0.2, -0.15) is 0 Å². The van der Waals surface area contributed by atoms with E-state index in [1.54, 1.807) is 0 Å². The fraction of sp³-hybridized carbons (Fsp3) is 0.571. The zero-order valence-corrected chi connectivity index (χ0v) is 12.7. The lowest BCUT2D eigenvalue weighted by molar-refractivity contribution is 0.270. The van der Waals surface area contributed by atoms with Crippen molar-refractivity contribution in [2.75, 3.05) is 19.0 Å². The van der Waals surface area contributed by atoms with Crippen molar-refractivity contribution >= 4 is 10.0 Å². The molecule has 6 heteroatoms. The zero-order chi connectivity index (χ0) is 14.8. The Morgan fingerprint density at radius 3 is 2.20 bits per heavy atom. The van der Waals surface area contributed by atoms with Gasteiger partial charge >= 0.3 is 0 Å². The maximum Gasteiger partial charge on any atom is 0.209 e. The summed E-state index contributed by atoms with van der Waals surface area (Å²) >= 11 is 0. The highest BCUT2D eigenvalue weighted by molar-refractivity contribution is 7.89. The number of primary sulfonamides is 1. The lowest BCUT2D eigenvalue weighted by atomic mass is 10.2. The Hall–Kier alpha value is -1.27. The first-order valence-electron chi connectivity index (χ1n) is 6.88. The van der Waals surface area contributed by atoms with Crippen molar-refractivity contribution in [2.24, 2.45) is 5.14 Å². The molecule has 0 radical (unpaired) electrons. The Morgan fingerprint density at radius 1 is 1.00 bits per heavy atom. The molecular weight excluding hydrogens is 278 g/mol. The molecule has 0 aromatic heterocycles. The van der Waals surface area contributed by atoms with Gasteiger partial charge in [0.2, 0.25) is 10.0 Å². The lowest BCUT2D eigenvalue weighted by Gasteiger charge is -2.11. The SMILES string of the molecule is CCOc1ccccc1OCCCCCCS(N)(=O)=O. The van der Waals surface area contributed by atoms with Crippen LogP contribution in [0.15, 0.2) is 24.3 Å². The van der Waals surface area contributed by atoms with Crippen molar-refractivity contribution in [2.45, 2.75) is 32.6 Å². The van der Waals surface area contributed by atoms with E-state index in [9.17, 15) is 8.42 Å². The smallest absolute Gasteiger partial charge is 0.209 e. The lowest BCUT2D eigenvalue weighted by Crippen LogP contribution is -2.16. The minimum absolute atomic E-state index is 0.0566. The van der Waals surface area contributed by atoms with Gasteiger partial charge in [0.1, 0.15) is 0 Å². The predicted octanol–water partition coefficient (Wildman–Crippen LogP) is 2.31. The highest BCUT2D eigenvalue weighted by Crippen LogP contribution is 2.26. The van der Waals surface area contributed by atoms with Crippen LogP contribution in [-0.2, 0) is 10.0 Å². The fourth-order valence-corrected chi connectivity index (χ4v) is 2.39. The summed E-state index contributed by atoms with van der Waals surface area (Å²) in [7, 11) is -3.32. The molecule has 0 heterocycles. The summed E-state index contributed by atoms with van der Waals surface area (Å²) in [6, 6.07) is 7.58. The third-order valence-corrected chi connectivity index (χ3v) is 3.59. The maximum absolute atomic E-state index is 10.7. The molecule has 0 saturated heterocycles. The molecule has 0 aliphatic rings. The Labute approximate surface area is 121 Å². The van der Waals surface area contributed by atoms with Crippen LogP contribution in [0.4, 0.5) is 0 Å². The number of para-hydroxylation sites is 2. The van der Waals surface area contributed by atoms with Crippen molar-refractivity contribution < 1.29 is 17.9 Å². The van der Waals surface area contributed by atoms with Crippen LogP contribution in [0.2, 0.25) is 0 Å². The van der Waals surface area contributed by atoms with Crippen LogP contribution in [0.1, 0.15) is 32.6 Å². The fourth-order valence-electron chi connectivity index (χ4n) is 1.79. The van der Waals surface area contributed by atoms with Gasteiger partial charge in [-0.05, 0) is 31.9 Å². The number of unbranched alkanes of at least 4 members (excludes halogenated alkanes) is 3. The number of hydrogen-bond donors (Lipinski definition) is 1. The summed E-state index contributed by atoms with van der Waals surface area (Å²) in [5, 5.41) is 4.93. The van der Waals surface area contributed by atoms with Gasteiger partial charge in [0.25, 0.3) is 0 Å². The molecule has 1 aromatic rings. The predicted molar refractivity (Wildman–Crippen MR) is 79.5 cm³/mol. The van der Waals surface area contributed by atoms with Crippen LogP contribution < -0.4 is 14.6 Å². The molecule has 0 aliphatic heterocycles. The summed E-state index contributed by atoms with van der Waals surface area (Å²) in [6.45, 7) is 3.13. The van der Waals surface area contributed by atoms with Gasteiger partial charge in [0, 0.05) is 0 Å². The number of ether oxygens (including phenoxy) is 2. The molecule has 114 valence electrons. The van der Waals surface area contributed by atoms with Crippen molar-refractivity contribution in [3.63, 3.8) is 0 Å². The molecule has 0 fully saturated rings. The van der Waals surface area contributed by atoms with E-state index in [0.29, 0.717) is 19.6 Å². The molecule has 0 amide bonds. The number of sulfonamides is 1. The second-order valence-corrected chi connectivity index (χ2v) is 6.24. The van der Waals surface area contributed by atoms with Gasteiger partial charge in [-0.3, -0.25) is 0 Å². The van der Waals surface area contributed by atoms with Gasteiger partial charge in [0.15, 0.2) is 11.5 Å². The third-order valence-electron chi connectivity index (χ3n) is 2.73. The molecule has 2 N–H and O–H groups in total. The molecule has 0 atom stereocenters. The second-order valence-electron chi connectivity index (χ2n) is 4.51. The van der Waals surface area contributed by atoms with E-state index in [4.69, 9.17) is 14.6 Å². The summed E-state index contributed by atoms with van der Waals surface area (Å²) in [5.74, 6) is 1.56. The average Bonchev–Trinajstić information content (AvgIpc) is 2.38. The highest BCUT2D eigenvalue weighted by atomic mass is 32.2. The minimum Gasteiger partial charge on any atom is -0.490 e. The number of hydrogen-bond acceptors (Lipinski definition) is 4. The van der Waals surface area contributed by atoms with E-state index in [-0.39, 0.29) is 5.75 Å². The van der Waals surface area contributed by atoms with Crippen molar-refractivity contribution in [3.05, 3.63) is 24.3 Å². The first kappa shape index (κ1) is 16.8. The minimum atomic E-state index is -3.32. The molecule has 1 rings (SSSR count). The maximum atomic E-state index is 10.7. The summed E-state index contributed by atoms with van der Waals surface area (Å²) in [5.41, 5.74) is 0. The topological polar surface area (TPSA) is 78.6 Å². The van der Waals surface area contributed by atoms with Gasteiger partial charge in [-0.1, -0.05) is 25.0 Å². The van der Waals surface area contributed by atoms with E-state index < -0.39 is 10.0 Å². The van der Waals surface area contributed by atoms with Crippen LogP contribution in [-0.4, -0.2) is 27.4 Å². The number of rotatable bonds is 10. The van der Waals surface area contributed by atoms with E-state index in [1.165, 1.54) is 0 Å². The number of benzene rings is 1. The quantitative estimate of drug-likeness (QED) is 0.673. The summed E-state index contributed by atoms with van der Waals surface area (Å²) in [4.78, 5) is 0. The number of nitrogens with two attached hydrogens (primary N) is 1. The summed E-state index contributed by atoms with van der Waals surface area (Å²) < 4.78 is 32.6. The first-order chi connectivity index (χ1) is 9.53. The van der Waals surface area contributed by atoms with Gasteiger partial charge in [0.05, 0.1) is 19.0 Å². The zero-order valence-electron chi connectivity index (χ0n) is 11.9. The van der Waals surface area contributed by atoms with Crippen LogP contribution in [0.25, 0.3) is 0 Å². The van der Waals surface area contributed by atoms with E-state index in [0.717, 1.165) is 30.8 Å². The van der Waals surface area contributed by atoms with Gasteiger partial charge in [-0.25, -0.2) is 13.6 Å². The Morgan fingerprint density at radius 2 is 1.60 bits per heavy atom. The molecule has 1 aromatic carbocycles. The normalized spacial score (nSPS) is 11.3. The van der Waals surface area contributed by atoms with Crippen LogP contribution >= 0.6 is 0 Å². The van der Waals surface area contributed by atoms with Gasteiger partial charge in [-0.15, -0.1) is 0 Å². The molecular formula is C14H23NO4S. The largest absolute Gasteiger partial charge is 0.490 e. The van der Waals surface area contributed by atoms with Crippen molar-refractivity contribution in [1.29, 1.82) is 0 Å². The summed E-state index contributed by atoms with van der Waals surface area (Å²) in [6.07, 6.45) is 3.25. The van der Waals surface area contributed by atoms with E-state index >= 15 is 0 Å². The van der Waals surface area contributed by atoms with Crippen LogP contribution in [0.5, 0.6) is 11.5 Å². The Balaban J connectivity index is 2.18. The highest BCUT2D eigenvalue weighted by Gasteiger charge is 2.04. The van der Waals surface area contributed by atoms with Crippen LogP contribution in [0, 0.1) is 0 Å². The Kier molecular flexibility index (Phi) is 7.40. The van der Waals surface area contributed by atoms with Crippen molar-refractivity contribution in [1.82, 2.24) is 0 Å². The molecule has 0 bridgehead atoms. The molecule has 5 nitrogen and oxygen atoms in total. The molecule has 0 saturated carbocycles. The second kappa shape index (κ2) is 8.81. The standard InChI is InChI=1S/C14H23NO4S/c1-2-18-13-9-5-6-10-14(13)19-11-7-3-4-8-12-20(15,16)17/h5-6,9-10H,2-4,7-8,11-12H2,1H3,(H2,15,16,17). The Bertz CT molecular complexity index is 488. The monoisotopic (exact) mass is 301 g/mol. The average molecular weight is 301 g/mol. The molecule has 0 aliphatic carbocycles. The molecule has 0 unspecified atom stereocenters. The third kappa shape index (κ3) is 7.35. The van der Waals surface area contributed by atoms with E-state index in [1.807, 2.05) is 31.2 Å². The molecule has 20 heavy (non-hydrogen) atoms. The van der Waals surface area contributed by atoms with Crippen molar-refractivity contribution in [3.8, 4) is 11.5 Å². The first-order valence-corrected chi connectivity index (χ1v) is 8.59. The van der Waals surface area contributed by atoms with Gasteiger partial charge < -0.3 is 9.47 Å².